The zero-order chi connectivity index (χ0) is 10.7. The predicted octanol–water partition coefficient (Wildman–Crippen LogP) is 3.72. The van der Waals surface area contributed by atoms with Crippen LogP contribution in [0.1, 0.15) is 30.5 Å². The van der Waals surface area contributed by atoms with Gasteiger partial charge in [-0.3, -0.25) is 0 Å². The third-order valence-electron chi connectivity index (χ3n) is 2.19. The zero-order valence-electron chi connectivity index (χ0n) is 8.68. The first-order valence-electron chi connectivity index (χ1n) is 4.67. The molecule has 1 aromatic carbocycles. The van der Waals surface area contributed by atoms with Crippen LogP contribution >= 0.6 is 15.9 Å². The van der Waals surface area contributed by atoms with Crippen LogP contribution in [-0.4, -0.2) is 0 Å². The topological polar surface area (TPSA) is 26.0 Å². The maximum absolute atomic E-state index is 6.07. The molecule has 0 aliphatic heterocycles. The van der Waals surface area contributed by atoms with Crippen molar-refractivity contribution in [2.24, 2.45) is 5.73 Å². The average molecular weight is 254 g/mol. The van der Waals surface area contributed by atoms with Gasteiger partial charge in [-0.25, -0.2) is 0 Å². The Kier molecular flexibility index (Phi) is 3.90. The zero-order valence-corrected chi connectivity index (χ0v) is 10.3. The summed E-state index contributed by atoms with van der Waals surface area (Å²) in [5.74, 6) is 0. The van der Waals surface area contributed by atoms with E-state index in [1.54, 1.807) is 0 Å². The molecule has 0 bridgehead atoms. The molecule has 0 spiro atoms. The summed E-state index contributed by atoms with van der Waals surface area (Å²) in [6, 6.07) is 6.21. The molecular weight excluding hydrogens is 238 g/mol. The van der Waals surface area contributed by atoms with Crippen molar-refractivity contribution >= 4 is 15.9 Å². The molecule has 1 unspecified atom stereocenters. The van der Waals surface area contributed by atoms with Crippen molar-refractivity contribution in [3.8, 4) is 0 Å². The molecule has 0 fully saturated rings. The lowest BCUT2D eigenvalue weighted by Gasteiger charge is -2.15. The lowest BCUT2D eigenvalue weighted by atomic mass is 10.00. The maximum atomic E-state index is 6.07. The van der Waals surface area contributed by atoms with Crippen LogP contribution in [0.25, 0.3) is 0 Å². The number of halogens is 1. The second-order valence-electron chi connectivity index (χ2n) is 3.75. The van der Waals surface area contributed by atoms with Crippen molar-refractivity contribution < 1.29 is 0 Å². The van der Waals surface area contributed by atoms with Gasteiger partial charge < -0.3 is 5.73 Å². The molecule has 2 heteroatoms. The van der Waals surface area contributed by atoms with Gasteiger partial charge in [0.15, 0.2) is 0 Å². The van der Waals surface area contributed by atoms with E-state index in [4.69, 9.17) is 5.73 Å². The van der Waals surface area contributed by atoms with Gasteiger partial charge in [0.05, 0.1) is 0 Å². The molecule has 0 saturated carbocycles. The summed E-state index contributed by atoms with van der Waals surface area (Å²) in [5.41, 5.74) is 9.57. The van der Waals surface area contributed by atoms with Crippen LogP contribution in [0.3, 0.4) is 0 Å². The SMILES string of the molecule is C=C(C)CC(N)c1cccc(C)c1Br. The third kappa shape index (κ3) is 2.69. The fourth-order valence-electron chi connectivity index (χ4n) is 1.44. The lowest BCUT2D eigenvalue weighted by molar-refractivity contribution is 0.713. The molecule has 2 N–H and O–H groups in total. The van der Waals surface area contributed by atoms with Gasteiger partial charge in [-0.15, -0.1) is 6.58 Å². The first kappa shape index (κ1) is 11.5. The average Bonchev–Trinajstić information content (AvgIpc) is 2.08. The standard InChI is InChI=1S/C12H16BrN/c1-8(2)7-11(14)10-6-4-5-9(3)12(10)13/h4-6,11H,1,7,14H2,2-3H3. The molecule has 0 aliphatic rings. The van der Waals surface area contributed by atoms with E-state index < -0.39 is 0 Å². The molecule has 76 valence electrons. The van der Waals surface area contributed by atoms with Crippen LogP contribution in [-0.2, 0) is 0 Å². The molecule has 14 heavy (non-hydrogen) atoms. The highest BCUT2D eigenvalue weighted by atomic mass is 79.9. The second kappa shape index (κ2) is 4.76. The Morgan fingerprint density at radius 1 is 1.57 bits per heavy atom. The quantitative estimate of drug-likeness (QED) is 0.817. The van der Waals surface area contributed by atoms with Gasteiger partial charge in [-0.1, -0.05) is 39.7 Å². The lowest BCUT2D eigenvalue weighted by Crippen LogP contribution is -2.11. The van der Waals surface area contributed by atoms with E-state index in [0.29, 0.717) is 0 Å². The molecule has 1 rings (SSSR count). The Morgan fingerprint density at radius 2 is 2.21 bits per heavy atom. The third-order valence-corrected chi connectivity index (χ3v) is 3.27. The molecule has 0 amide bonds. The Hall–Kier alpha value is -0.600. The largest absolute Gasteiger partial charge is 0.324 e. The first-order chi connectivity index (χ1) is 6.52. The van der Waals surface area contributed by atoms with Gasteiger partial charge >= 0.3 is 0 Å². The minimum absolute atomic E-state index is 0.0433. The molecule has 0 aliphatic carbocycles. The van der Waals surface area contributed by atoms with E-state index in [9.17, 15) is 0 Å². The highest BCUT2D eigenvalue weighted by Crippen LogP contribution is 2.28. The summed E-state index contributed by atoms with van der Waals surface area (Å²) in [4.78, 5) is 0. The van der Waals surface area contributed by atoms with E-state index in [-0.39, 0.29) is 6.04 Å². The maximum Gasteiger partial charge on any atom is 0.0343 e. The number of hydrogen-bond donors (Lipinski definition) is 1. The highest BCUT2D eigenvalue weighted by Gasteiger charge is 2.10. The summed E-state index contributed by atoms with van der Waals surface area (Å²) >= 11 is 3.56. The van der Waals surface area contributed by atoms with Gasteiger partial charge in [0.25, 0.3) is 0 Å². The van der Waals surface area contributed by atoms with Gasteiger partial charge in [0.2, 0.25) is 0 Å². The molecule has 0 heterocycles. The number of benzene rings is 1. The van der Waals surface area contributed by atoms with Gasteiger partial charge in [0, 0.05) is 10.5 Å². The van der Waals surface area contributed by atoms with Crippen LogP contribution in [0.5, 0.6) is 0 Å². The van der Waals surface area contributed by atoms with E-state index in [1.165, 1.54) is 5.56 Å². The van der Waals surface area contributed by atoms with Crippen LogP contribution in [0.2, 0.25) is 0 Å². The van der Waals surface area contributed by atoms with Gasteiger partial charge in [-0.05, 0) is 31.4 Å². The monoisotopic (exact) mass is 253 g/mol. The van der Waals surface area contributed by atoms with Crippen LogP contribution in [0.15, 0.2) is 34.8 Å². The van der Waals surface area contributed by atoms with Crippen molar-refractivity contribution in [1.29, 1.82) is 0 Å². The normalized spacial score (nSPS) is 12.6. The number of aryl methyl sites for hydroxylation is 1. The Morgan fingerprint density at radius 3 is 2.79 bits per heavy atom. The molecule has 0 radical (unpaired) electrons. The first-order valence-corrected chi connectivity index (χ1v) is 5.46. The van der Waals surface area contributed by atoms with E-state index >= 15 is 0 Å². The molecule has 1 aromatic rings. The second-order valence-corrected chi connectivity index (χ2v) is 4.54. The Balaban J connectivity index is 2.95. The summed E-state index contributed by atoms with van der Waals surface area (Å²) in [7, 11) is 0. The molecule has 1 atom stereocenters. The van der Waals surface area contributed by atoms with E-state index in [2.05, 4.69) is 41.6 Å². The molecule has 0 saturated heterocycles. The highest BCUT2D eigenvalue weighted by molar-refractivity contribution is 9.10. The molecule has 1 nitrogen and oxygen atoms in total. The van der Waals surface area contributed by atoms with Crippen LogP contribution in [0.4, 0.5) is 0 Å². The van der Waals surface area contributed by atoms with Crippen molar-refractivity contribution in [2.75, 3.05) is 0 Å². The predicted molar refractivity (Wildman–Crippen MR) is 65.2 cm³/mol. The summed E-state index contributed by atoms with van der Waals surface area (Å²) in [6.45, 7) is 7.95. The Bertz CT molecular complexity index is 344. The van der Waals surface area contributed by atoms with Crippen molar-refractivity contribution in [2.45, 2.75) is 26.3 Å². The van der Waals surface area contributed by atoms with Crippen LogP contribution < -0.4 is 5.73 Å². The summed E-state index contributed by atoms with van der Waals surface area (Å²) < 4.78 is 1.12. The number of nitrogens with two attached hydrogens (primary N) is 1. The molecular formula is C12H16BrN. The van der Waals surface area contributed by atoms with E-state index in [0.717, 1.165) is 22.0 Å². The summed E-state index contributed by atoms with van der Waals surface area (Å²) in [5, 5.41) is 0. The fourth-order valence-corrected chi connectivity index (χ4v) is 2.00. The van der Waals surface area contributed by atoms with Gasteiger partial charge in [0.1, 0.15) is 0 Å². The van der Waals surface area contributed by atoms with Crippen molar-refractivity contribution in [1.82, 2.24) is 0 Å². The van der Waals surface area contributed by atoms with Crippen molar-refractivity contribution in [3.63, 3.8) is 0 Å². The van der Waals surface area contributed by atoms with Crippen LogP contribution in [0, 0.1) is 6.92 Å². The fraction of sp³-hybridized carbons (Fsp3) is 0.333. The Labute approximate surface area is 94.1 Å². The van der Waals surface area contributed by atoms with Crippen molar-refractivity contribution in [3.05, 3.63) is 46.0 Å². The number of rotatable bonds is 3. The smallest absolute Gasteiger partial charge is 0.0343 e. The minimum Gasteiger partial charge on any atom is -0.324 e. The summed E-state index contributed by atoms with van der Waals surface area (Å²) in [6.07, 6.45) is 0.835. The molecule has 0 aromatic heterocycles. The number of hydrogen-bond acceptors (Lipinski definition) is 1. The van der Waals surface area contributed by atoms with E-state index in [1.807, 2.05) is 13.0 Å². The van der Waals surface area contributed by atoms with Gasteiger partial charge in [-0.2, -0.15) is 0 Å². The minimum atomic E-state index is 0.0433.